The third kappa shape index (κ3) is 3.33. The van der Waals surface area contributed by atoms with E-state index >= 15 is 0 Å². The standard InChI is InChI=1S/C23H16FIN4/c24-19-12-16(6-7-20(19)25)21-22(17-8-10-26-23-18(17)9-11-27-23)29(14-28-21)13-15-4-2-1-3-5-15/h1-12,14H,13H2,(H,26,27). The Morgan fingerprint density at radius 2 is 1.86 bits per heavy atom. The summed E-state index contributed by atoms with van der Waals surface area (Å²) in [6.07, 6.45) is 5.49. The zero-order valence-electron chi connectivity index (χ0n) is 15.3. The summed E-state index contributed by atoms with van der Waals surface area (Å²) in [4.78, 5) is 12.3. The SMILES string of the molecule is Fc1cc(-c2ncn(Cc3ccccc3)c2-c2ccnc3[nH]ccc23)ccc1I. The Balaban J connectivity index is 1.74. The van der Waals surface area contributed by atoms with Crippen molar-refractivity contribution in [2.24, 2.45) is 0 Å². The maximum Gasteiger partial charge on any atom is 0.137 e. The highest BCUT2D eigenvalue weighted by molar-refractivity contribution is 14.1. The molecule has 0 radical (unpaired) electrons. The fraction of sp³-hybridized carbons (Fsp3) is 0.0435. The van der Waals surface area contributed by atoms with Gasteiger partial charge in [0.2, 0.25) is 0 Å². The van der Waals surface area contributed by atoms with Crippen LogP contribution in [0.1, 0.15) is 5.56 Å². The number of halogens is 2. The molecule has 0 spiro atoms. The maximum absolute atomic E-state index is 14.3. The number of fused-ring (bicyclic) bond motifs is 1. The number of nitrogens with one attached hydrogen (secondary N) is 1. The molecule has 0 bridgehead atoms. The molecular formula is C23H16FIN4. The van der Waals surface area contributed by atoms with Gasteiger partial charge in [0.25, 0.3) is 0 Å². The highest BCUT2D eigenvalue weighted by Gasteiger charge is 2.19. The lowest BCUT2D eigenvalue weighted by Gasteiger charge is -2.12. The topological polar surface area (TPSA) is 46.5 Å². The van der Waals surface area contributed by atoms with Gasteiger partial charge in [-0.25, -0.2) is 14.4 Å². The highest BCUT2D eigenvalue weighted by atomic mass is 127. The molecule has 29 heavy (non-hydrogen) atoms. The molecule has 3 heterocycles. The first-order valence-corrected chi connectivity index (χ1v) is 10.3. The van der Waals surface area contributed by atoms with Crippen LogP contribution in [0, 0.1) is 9.39 Å². The van der Waals surface area contributed by atoms with Crippen LogP contribution >= 0.6 is 22.6 Å². The van der Waals surface area contributed by atoms with Crippen molar-refractivity contribution in [2.75, 3.05) is 0 Å². The van der Waals surface area contributed by atoms with Crippen LogP contribution in [-0.2, 0) is 6.54 Å². The first kappa shape index (κ1) is 18.1. The van der Waals surface area contributed by atoms with Crippen molar-refractivity contribution in [1.29, 1.82) is 0 Å². The second-order valence-corrected chi connectivity index (χ2v) is 7.94. The number of H-pyrrole nitrogens is 1. The van der Waals surface area contributed by atoms with Crippen LogP contribution in [0.4, 0.5) is 4.39 Å². The van der Waals surface area contributed by atoms with Crippen LogP contribution in [0.5, 0.6) is 0 Å². The van der Waals surface area contributed by atoms with Gasteiger partial charge in [-0.1, -0.05) is 36.4 Å². The summed E-state index contributed by atoms with van der Waals surface area (Å²) >= 11 is 2.00. The molecular weight excluding hydrogens is 478 g/mol. The van der Waals surface area contributed by atoms with E-state index in [2.05, 4.69) is 31.7 Å². The molecule has 6 heteroatoms. The number of rotatable bonds is 4. The Hall–Kier alpha value is -3.00. The lowest BCUT2D eigenvalue weighted by atomic mass is 10.0. The van der Waals surface area contributed by atoms with Gasteiger partial charge in [0.1, 0.15) is 11.5 Å². The van der Waals surface area contributed by atoms with Gasteiger partial charge in [0, 0.05) is 39.0 Å². The fourth-order valence-electron chi connectivity index (χ4n) is 3.59. The van der Waals surface area contributed by atoms with Crippen LogP contribution in [-0.4, -0.2) is 19.5 Å². The number of hydrogen-bond donors (Lipinski definition) is 1. The van der Waals surface area contributed by atoms with Crippen LogP contribution in [0.2, 0.25) is 0 Å². The van der Waals surface area contributed by atoms with E-state index in [0.717, 1.165) is 33.5 Å². The molecule has 1 N–H and O–H groups in total. The highest BCUT2D eigenvalue weighted by Crippen LogP contribution is 2.36. The van der Waals surface area contributed by atoms with Crippen LogP contribution in [0.15, 0.2) is 79.4 Å². The van der Waals surface area contributed by atoms with Gasteiger partial charge in [-0.3, -0.25) is 0 Å². The molecule has 5 rings (SSSR count). The fourth-order valence-corrected chi connectivity index (χ4v) is 3.92. The molecule has 0 aliphatic rings. The zero-order chi connectivity index (χ0) is 19.8. The van der Waals surface area contributed by atoms with Crippen molar-refractivity contribution in [3.63, 3.8) is 0 Å². The Labute approximate surface area is 180 Å². The molecule has 0 aliphatic heterocycles. The summed E-state index contributed by atoms with van der Waals surface area (Å²) in [6, 6.07) is 19.5. The largest absolute Gasteiger partial charge is 0.346 e. The number of imidazole rings is 1. The Bertz CT molecular complexity index is 1310. The molecule has 0 aliphatic carbocycles. The van der Waals surface area contributed by atoms with E-state index < -0.39 is 0 Å². The van der Waals surface area contributed by atoms with Crippen molar-refractivity contribution < 1.29 is 4.39 Å². The van der Waals surface area contributed by atoms with E-state index in [1.807, 2.05) is 71.5 Å². The molecule has 2 aromatic carbocycles. The van der Waals surface area contributed by atoms with Crippen molar-refractivity contribution in [1.82, 2.24) is 19.5 Å². The molecule has 0 amide bonds. The number of pyridine rings is 1. The molecule has 3 aromatic heterocycles. The summed E-state index contributed by atoms with van der Waals surface area (Å²) in [5, 5.41) is 1.01. The predicted octanol–water partition coefficient (Wildman–Crippen LogP) is 5.89. The lowest BCUT2D eigenvalue weighted by molar-refractivity contribution is 0.621. The smallest absolute Gasteiger partial charge is 0.137 e. The first-order chi connectivity index (χ1) is 14.2. The van der Waals surface area contributed by atoms with Gasteiger partial charge in [0.15, 0.2) is 0 Å². The third-order valence-electron chi connectivity index (χ3n) is 4.94. The van der Waals surface area contributed by atoms with E-state index in [1.54, 1.807) is 18.3 Å². The molecule has 0 fully saturated rings. The van der Waals surface area contributed by atoms with Gasteiger partial charge < -0.3 is 9.55 Å². The number of aromatic nitrogens is 4. The minimum absolute atomic E-state index is 0.242. The van der Waals surface area contributed by atoms with Crippen molar-refractivity contribution in [2.45, 2.75) is 6.54 Å². The zero-order valence-corrected chi connectivity index (χ0v) is 17.5. The minimum Gasteiger partial charge on any atom is -0.346 e. The molecule has 0 unspecified atom stereocenters. The number of nitrogens with zero attached hydrogens (tertiary/aromatic N) is 3. The predicted molar refractivity (Wildman–Crippen MR) is 121 cm³/mol. The minimum atomic E-state index is -0.242. The molecule has 0 saturated carbocycles. The summed E-state index contributed by atoms with van der Waals surface area (Å²) in [6.45, 7) is 0.671. The Morgan fingerprint density at radius 1 is 1.00 bits per heavy atom. The second kappa shape index (κ2) is 7.44. The average molecular weight is 494 g/mol. The number of benzene rings is 2. The van der Waals surface area contributed by atoms with E-state index in [1.165, 1.54) is 5.56 Å². The second-order valence-electron chi connectivity index (χ2n) is 6.78. The maximum atomic E-state index is 14.3. The summed E-state index contributed by atoms with van der Waals surface area (Å²) in [5.74, 6) is -0.242. The Kier molecular flexibility index (Phi) is 4.63. The van der Waals surface area contributed by atoms with Crippen molar-refractivity contribution in [3.8, 4) is 22.5 Å². The van der Waals surface area contributed by atoms with E-state index in [0.29, 0.717) is 10.1 Å². The van der Waals surface area contributed by atoms with Crippen molar-refractivity contribution in [3.05, 3.63) is 94.3 Å². The van der Waals surface area contributed by atoms with Gasteiger partial charge in [-0.15, -0.1) is 0 Å². The molecule has 0 atom stereocenters. The normalized spacial score (nSPS) is 11.2. The average Bonchev–Trinajstić information content (AvgIpc) is 3.38. The molecule has 0 saturated heterocycles. The van der Waals surface area contributed by atoms with Gasteiger partial charge >= 0.3 is 0 Å². The Morgan fingerprint density at radius 3 is 2.69 bits per heavy atom. The number of hydrogen-bond acceptors (Lipinski definition) is 2. The molecule has 4 nitrogen and oxygen atoms in total. The first-order valence-electron chi connectivity index (χ1n) is 9.17. The van der Waals surface area contributed by atoms with Crippen LogP contribution in [0.3, 0.4) is 0 Å². The summed E-state index contributed by atoms with van der Waals surface area (Å²) in [5.41, 5.74) is 5.45. The van der Waals surface area contributed by atoms with E-state index in [-0.39, 0.29) is 5.82 Å². The number of aromatic amines is 1. The summed E-state index contributed by atoms with van der Waals surface area (Å²) < 4.78 is 17.0. The summed E-state index contributed by atoms with van der Waals surface area (Å²) in [7, 11) is 0. The van der Waals surface area contributed by atoms with Gasteiger partial charge in [-0.05, 0) is 52.4 Å². The lowest BCUT2D eigenvalue weighted by Crippen LogP contribution is -2.01. The quantitative estimate of drug-likeness (QED) is 0.317. The van der Waals surface area contributed by atoms with Gasteiger partial charge in [-0.2, -0.15) is 0 Å². The molecule has 142 valence electrons. The molecule has 5 aromatic rings. The monoisotopic (exact) mass is 494 g/mol. The van der Waals surface area contributed by atoms with Crippen LogP contribution < -0.4 is 0 Å². The van der Waals surface area contributed by atoms with E-state index in [9.17, 15) is 4.39 Å². The van der Waals surface area contributed by atoms with Crippen LogP contribution in [0.25, 0.3) is 33.5 Å². The van der Waals surface area contributed by atoms with Crippen molar-refractivity contribution >= 4 is 33.6 Å². The third-order valence-corrected chi connectivity index (χ3v) is 5.82. The van der Waals surface area contributed by atoms with Gasteiger partial charge in [0.05, 0.1) is 17.7 Å². The van der Waals surface area contributed by atoms with E-state index in [4.69, 9.17) is 0 Å².